The summed E-state index contributed by atoms with van der Waals surface area (Å²) < 4.78 is 13.1. The number of carbonyl (C=O) groups is 1. The first-order valence-electron chi connectivity index (χ1n) is 8.57. The molecule has 0 saturated carbocycles. The van der Waals surface area contributed by atoms with Gasteiger partial charge in [0.05, 0.1) is 11.0 Å². The smallest absolute Gasteiger partial charge is 0.380 e. The van der Waals surface area contributed by atoms with Gasteiger partial charge in [0, 0.05) is 24.2 Å². The first-order chi connectivity index (χ1) is 13.0. The Labute approximate surface area is 155 Å². The maximum atomic E-state index is 13.1. The molecule has 0 spiro atoms. The topological polar surface area (TPSA) is 96.6 Å². The summed E-state index contributed by atoms with van der Waals surface area (Å²) in [4.78, 5) is 25.9. The molecule has 7 nitrogen and oxygen atoms in total. The van der Waals surface area contributed by atoms with Gasteiger partial charge in [-0.1, -0.05) is 5.16 Å². The monoisotopic (exact) mass is 369 g/mol. The van der Waals surface area contributed by atoms with Crippen LogP contribution in [0.25, 0.3) is 22.4 Å². The molecule has 8 heteroatoms. The molecule has 1 heterocycles. The Bertz CT molecular complexity index is 977. The first-order valence-corrected chi connectivity index (χ1v) is 8.57. The van der Waals surface area contributed by atoms with Crippen LogP contribution in [0.2, 0.25) is 0 Å². The lowest BCUT2D eigenvalue weighted by atomic mass is 10.2. The number of nitrogens with zero attached hydrogens (tertiary/aromatic N) is 3. The number of hydrogen-bond donors (Lipinski definition) is 2. The fraction of sp³-hybridized carbons (Fsp3) is 0.211. The normalized spacial score (nSPS) is 11.6. The number of rotatable bonds is 5. The maximum Gasteiger partial charge on any atom is 0.436 e. The summed E-state index contributed by atoms with van der Waals surface area (Å²) in [5.41, 5.74) is 8.75. The second-order valence-corrected chi connectivity index (χ2v) is 5.83. The Hall–Kier alpha value is -3.42. The van der Waals surface area contributed by atoms with Gasteiger partial charge < -0.3 is 15.6 Å². The van der Waals surface area contributed by atoms with Crippen LogP contribution in [0.3, 0.4) is 0 Å². The van der Waals surface area contributed by atoms with Crippen molar-refractivity contribution in [3.05, 3.63) is 53.8 Å². The molecular weight excluding hydrogens is 349 g/mol. The highest BCUT2D eigenvalue weighted by Gasteiger charge is 2.12. The quantitative estimate of drug-likeness (QED) is 0.311. The number of benzene rings is 2. The molecule has 1 amide bonds. The highest BCUT2D eigenvalue weighted by Crippen LogP contribution is 2.21. The number of amides is 1. The number of imidazole rings is 1. The number of fused-ring (bicyclic) bond motifs is 1. The van der Waals surface area contributed by atoms with E-state index in [0.29, 0.717) is 24.5 Å². The van der Waals surface area contributed by atoms with Crippen molar-refractivity contribution in [3.8, 4) is 11.4 Å². The summed E-state index contributed by atoms with van der Waals surface area (Å²) >= 11 is 0. The van der Waals surface area contributed by atoms with Gasteiger partial charge in [-0.25, -0.2) is 14.2 Å². The number of amidine groups is 1. The number of halogens is 1. The van der Waals surface area contributed by atoms with Crippen LogP contribution in [0.1, 0.15) is 19.4 Å². The molecule has 0 saturated heterocycles. The van der Waals surface area contributed by atoms with Gasteiger partial charge in [-0.2, -0.15) is 0 Å². The molecule has 27 heavy (non-hydrogen) atoms. The number of aromatic amines is 1. The van der Waals surface area contributed by atoms with Crippen molar-refractivity contribution in [1.82, 2.24) is 14.9 Å². The summed E-state index contributed by atoms with van der Waals surface area (Å²) in [6, 6.07) is 11.3. The standard InChI is InChI=1S/C19H20FN5O2/c1-3-25(4-2)19(26)27-24-17(21)13-7-10-15-16(11-13)23-18(22-15)12-5-8-14(20)9-6-12/h5-11H,3-4H2,1-2H3,(H2,21,24)(H,22,23). The highest BCUT2D eigenvalue weighted by atomic mass is 19.1. The molecule has 0 bridgehead atoms. The molecule has 0 radical (unpaired) electrons. The Balaban J connectivity index is 1.82. The molecule has 3 rings (SSSR count). The van der Waals surface area contributed by atoms with Gasteiger partial charge in [0.2, 0.25) is 0 Å². The fourth-order valence-corrected chi connectivity index (χ4v) is 2.59. The van der Waals surface area contributed by atoms with Crippen molar-refractivity contribution in [3.63, 3.8) is 0 Å². The molecule has 3 aromatic rings. The third kappa shape index (κ3) is 4.05. The van der Waals surface area contributed by atoms with Crippen molar-refractivity contribution in [2.45, 2.75) is 13.8 Å². The van der Waals surface area contributed by atoms with Gasteiger partial charge in [-0.05, 0) is 56.3 Å². The SMILES string of the molecule is CCN(CC)C(=O)ON=C(N)c1ccc2nc(-c3ccc(F)cc3)[nH]c2c1. The van der Waals surface area contributed by atoms with Gasteiger partial charge in [0.15, 0.2) is 5.84 Å². The zero-order valence-corrected chi connectivity index (χ0v) is 15.1. The van der Waals surface area contributed by atoms with E-state index in [0.717, 1.165) is 16.6 Å². The van der Waals surface area contributed by atoms with Crippen molar-refractivity contribution in [1.29, 1.82) is 0 Å². The van der Waals surface area contributed by atoms with Gasteiger partial charge in [-0.15, -0.1) is 0 Å². The number of oxime groups is 1. The first kappa shape index (κ1) is 18.4. The van der Waals surface area contributed by atoms with Crippen LogP contribution in [-0.4, -0.2) is 39.9 Å². The van der Waals surface area contributed by atoms with Crippen LogP contribution in [0.4, 0.5) is 9.18 Å². The minimum atomic E-state index is -0.552. The molecule has 140 valence electrons. The predicted octanol–water partition coefficient (Wildman–Crippen LogP) is 3.47. The molecule has 0 fully saturated rings. The van der Waals surface area contributed by atoms with Gasteiger partial charge in [0.25, 0.3) is 0 Å². The van der Waals surface area contributed by atoms with E-state index >= 15 is 0 Å². The van der Waals surface area contributed by atoms with E-state index in [4.69, 9.17) is 10.6 Å². The van der Waals surface area contributed by atoms with E-state index in [2.05, 4.69) is 15.1 Å². The minimum absolute atomic E-state index is 0.0790. The summed E-state index contributed by atoms with van der Waals surface area (Å²) in [5.74, 6) is 0.390. The Morgan fingerprint density at radius 1 is 1.22 bits per heavy atom. The minimum Gasteiger partial charge on any atom is -0.380 e. The van der Waals surface area contributed by atoms with Crippen LogP contribution in [-0.2, 0) is 4.84 Å². The second kappa shape index (κ2) is 7.86. The predicted molar refractivity (Wildman–Crippen MR) is 102 cm³/mol. The van der Waals surface area contributed by atoms with Gasteiger partial charge in [0.1, 0.15) is 11.6 Å². The molecule has 0 atom stereocenters. The lowest BCUT2D eigenvalue weighted by Gasteiger charge is -2.15. The summed E-state index contributed by atoms with van der Waals surface area (Å²) in [7, 11) is 0. The average Bonchev–Trinajstić information content (AvgIpc) is 3.10. The highest BCUT2D eigenvalue weighted by molar-refractivity contribution is 6.00. The zero-order chi connectivity index (χ0) is 19.4. The molecule has 0 aliphatic heterocycles. The number of aromatic nitrogens is 2. The summed E-state index contributed by atoms with van der Waals surface area (Å²) in [5, 5.41) is 3.72. The molecule has 1 aromatic heterocycles. The number of carbonyl (C=O) groups excluding carboxylic acids is 1. The summed E-state index contributed by atoms with van der Waals surface area (Å²) in [6.07, 6.45) is -0.552. The number of nitrogens with two attached hydrogens (primary N) is 1. The number of nitrogens with one attached hydrogen (secondary N) is 1. The van der Waals surface area contributed by atoms with Crippen molar-refractivity contribution in [2.75, 3.05) is 13.1 Å². The van der Waals surface area contributed by atoms with E-state index in [1.165, 1.54) is 17.0 Å². The van der Waals surface area contributed by atoms with Crippen LogP contribution in [0.15, 0.2) is 47.6 Å². The van der Waals surface area contributed by atoms with Crippen molar-refractivity contribution in [2.24, 2.45) is 10.9 Å². The Kier molecular flexibility index (Phi) is 5.35. The van der Waals surface area contributed by atoms with Crippen LogP contribution >= 0.6 is 0 Å². The van der Waals surface area contributed by atoms with Gasteiger partial charge in [-0.3, -0.25) is 4.84 Å². The number of hydrogen-bond acceptors (Lipinski definition) is 4. The summed E-state index contributed by atoms with van der Waals surface area (Å²) in [6.45, 7) is 4.75. The molecule has 0 aliphatic carbocycles. The van der Waals surface area contributed by atoms with E-state index in [9.17, 15) is 9.18 Å². The molecular formula is C19H20FN5O2. The van der Waals surface area contributed by atoms with Crippen LogP contribution < -0.4 is 5.73 Å². The Morgan fingerprint density at radius 3 is 2.59 bits per heavy atom. The maximum absolute atomic E-state index is 13.1. The second-order valence-electron chi connectivity index (χ2n) is 5.83. The molecule has 0 aliphatic rings. The third-order valence-electron chi connectivity index (χ3n) is 4.14. The van der Waals surface area contributed by atoms with Crippen molar-refractivity contribution < 1.29 is 14.0 Å². The molecule has 2 aromatic carbocycles. The fourth-order valence-electron chi connectivity index (χ4n) is 2.59. The lowest BCUT2D eigenvalue weighted by molar-refractivity contribution is 0.109. The largest absolute Gasteiger partial charge is 0.436 e. The molecule has 0 unspecified atom stereocenters. The lowest BCUT2D eigenvalue weighted by Crippen LogP contribution is -2.30. The third-order valence-corrected chi connectivity index (χ3v) is 4.14. The van der Waals surface area contributed by atoms with E-state index in [-0.39, 0.29) is 11.7 Å². The number of H-pyrrole nitrogens is 1. The zero-order valence-electron chi connectivity index (χ0n) is 15.1. The van der Waals surface area contributed by atoms with E-state index in [1.807, 2.05) is 13.8 Å². The average molecular weight is 369 g/mol. The van der Waals surface area contributed by atoms with Crippen molar-refractivity contribution >= 4 is 23.0 Å². The van der Waals surface area contributed by atoms with Crippen LogP contribution in [0.5, 0.6) is 0 Å². The Morgan fingerprint density at radius 2 is 1.93 bits per heavy atom. The van der Waals surface area contributed by atoms with Crippen LogP contribution in [0, 0.1) is 5.82 Å². The van der Waals surface area contributed by atoms with E-state index < -0.39 is 6.09 Å². The van der Waals surface area contributed by atoms with Gasteiger partial charge >= 0.3 is 6.09 Å². The molecule has 3 N–H and O–H groups in total. The van der Waals surface area contributed by atoms with E-state index in [1.54, 1.807) is 30.3 Å².